The highest BCUT2D eigenvalue weighted by Crippen LogP contribution is 2.29. The number of para-hydroxylation sites is 1. The van der Waals surface area contributed by atoms with E-state index in [-0.39, 0.29) is 11.7 Å². The van der Waals surface area contributed by atoms with Crippen molar-refractivity contribution >= 4 is 23.4 Å². The molecule has 0 saturated heterocycles. The van der Waals surface area contributed by atoms with E-state index in [0.29, 0.717) is 17.3 Å². The van der Waals surface area contributed by atoms with Gasteiger partial charge in [0.25, 0.3) is 0 Å². The molecule has 0 aliphatic heterocycles. The molecule has 0 unspecified atom stereocenters. The number of alkyl halides is 3. The van der Waals surface area contributed by atoms with Crippen molar-refractivity contribution in [2.24, 2.45) is 0 Å². The van der Waals surface area contributed by atoms with Crippen molar-refractivity contribution in [1.29, 1.82) is 0 Å². The van der Waals surface area contributed by atoms with Crippen LogP contribution in [0, 0.1) is 0 Å². The molecule has 3 aromatic rings. The lowest BCUT2D eigenvalue weighted by molar-refractivity contribution is -0.137. The molecule has 140 valence electrons. The van der Waals surface area contributed by atoms with E-state index in [9.17, 15) is 18.0 Å². The summed E-state index contributed by atoms with van der Waals surface area (Å²) in [6, 6.07) is 13.6. The van der Waals surface area contributed by atoms with Crippen LogP contribution in [0.1, 0.15) is 11.4 Å². The number of anilines is 1. The molecule has 0 saturated carbocycles. The van der Waals surface area contributed by atoms with Gasteiger partial charge in [-0.25, -0.2) is 0 Å². The van der Waals surface area contributed by atoms with E-state index in [2.05, 4.69) is 20.8 Å². The van der Waals surface area contributed by atoms with Crippen molar-refractivity contribution in [1.82, 2.24) is 20.2 Å². The molecular formula is C17H14F3N5OS. The molecule has 27 heavy (non-hydrogen) atoms. The van der Waals surface area contributed by atoms with Crippen molar-refractivity contribution < 1.29 is 18.0 Å². The minimum atomic E-state index is -4.40. The molecule has 2 aromatic carbocycles. The first-order valence-electron chi connectivity index (χ1n) is 7.81. The molecular weight excluding hydrogens is 379 g/mol. The van der Waals surface area contributed by atoms with Crippen molar-refractivity contribution in [3.8, 4) is 5.69 Å². The number of carbonyl (C=O) groups excluding carboxylic acids is 1. The number of nitrogens with zero attached hydrogens (tertiary/aromatic N) is 4. The van der Waals surface area contributed by atoms with Crippen LogP contribution in [0.2, 0.25) is 0 Å². The van der Waals surface area contributed by atoms with E-state index in [1.165, 1.54) is 23.9 Å². The normalized spacial score (nSPS) is 11.4. The SMILES string of the molecule is O=C(CSCc1nnnn1-c1ccccc1)Nc1ccc(C(F)(F)F)cc1. The van der Waals surface area contributed by atoms with Crippen LogP contribution in [0.25, 0.3) is 5.69 Å². The number of carbonyl (C=O) groups is 1. The van der Waals surface area contributed by atoms with Crippen LogP contribution in [-0.4, -0.2) is 31.9 Å². The van der Waals surface area contributed by atoms with Crippen molar-refractivity contribution in [3.05, 3.63) is 66.0 Å². The van der Waals surface area contributed by atoms with Gasteiger partial charge in [0.15, 0.2) is 5.82 Å². The summed E-state index contributed by atoms with van der Waals surface area (Å²) < 4.78 is 39.2. The van der Waals surface area contributed by atoms with E-state index in [1.54, 1.807) is 4.68 Å². The van der Waals surface area contributed by atoms with Crippen LogP contribution >= 0.6 is 11.8 Å². The molecule has 0 spiro atoms. The highest BCUT2D eigenvalue weighted by Gasteiger charge is 2.29. The van der Waals surface area contributed by atoms with Crippen LogP contribution in [-0.2, 0) is 16.7 Å². The summed E-state index contributed by atoms with van der Waals surface area (Å²) in [6.45, 7) is 0. The summed E-state index contributed by atoms with van der Waals surface area (Å²) in [6.07, 6.45) is -4.40. The molecule has 3 rings (SSSR count). The quantitative estimate of drug-likeness (QED) is 0.693. The number of nitrogens with one attached hydrogen (secondary N) is 1. The molecule has 10 heteroatoms. The van der Waals surface area contributed by atoms with E-state index < -0.39 is 11.7 Å². The number of halogens is 3. The van der Waals surface area contributed by atoms with Crippen LogP contribution in [0.3, 0.4) is 0 Å². The zero-order chi connectivity index (χ0) is 19.3. The fourth-order valence-corrected chi connectivity index (χ4v) is 2.96. The van der Waals surface area contributed by atoms with Crippen molar-refractivity contribution in [2.45, 2.75) is 11.9 Å². The Morgan fingerprint density at radius 3 is 2.44 bits per heavy atom. The van der Waals surface area contributed by atoms with Crippen LogP contribution in [0.5, 0.6) is 0 Å². The number of amides is 1. The lowest BCUT2D eigenvalue weighted by Gasteiger charge is -2.09. The molecule has 6 nitrogen and oxygen atoms in total. The maximum atomic E-state index is 12.5. The third kappa shape index (κ3) is 5.07. The molecule has 1 N–H and O–H groups in total. The fourth-order valence-electron chi connectivity index (χ4n) is 2.24. The number of thioether (sulfide) groups is 1. The average molecular weight is 393 g/mol. The number of tetrazole rings is 1. The maximum absolute atomic E-state index is 12.5. The Labute approximate surface area is 156 Å². The van der Waals surface area contributed by atoms with Crippen LogP contribution in [0.15, 0.2) is 54.6 Å². The first-order chi connectivity index (χ1) is 12.9. The first kappa shape index (κ1) is 18.9. The molecule has 0 aliphatic carbocycles. The van der Waals surface area contributed by atoms with Gasteiger partial charge in [0.2, 0.25) is 5.91 Å². The average Bonchev–Trinajstić information content (AvgIpc) is 3.11. The Balaban J connectivity index is 1.51. The number of aromatic nitrogens is 4. The van der Waals surface area contributed by atoms with Crippen molar-refractivity contribution in [2.75, 3.05) is 11.1 Å². The summed E-state index contributed by atoms with van der Waals surface area (Å²) >= 11 is 1.30. The third-order valence-corrected chi connectivity index (χ3v) is 4.42. The van der Waals surface area contributed by atoms with Gasteiger partial charge in [-0.3, -0.25) is 4.79 Å². The predicted molar refractivity (Wildman–Crippen MR) is 95.4 cm³/mol. The Morgan fingerprint density at radius 2 is 1.78 bits per heavy atom. The number of benzene rings is 2. The van der Waals surface area contributed by atoms with E-state index >= 15 is 0 Å². The van der Waals surface area contributed by atoms with Gasteiger partial charge in [0, 0.05) is 5.69 Å². The number of rotatable bonds is 6. The van der Waals surface area contributed by atoms with Gasteiger partial charge in [-0.2, -0.15) is 17.9 Å². The van der Waals surface area contributed by atoms with Gasteiger partial charge in [0.1, 0.15) is 0 Å². The molecule has 0 fully saturated rings. The minimum Gasteiger partial charge on any atom is -0.325 e. The molecule has 1 amide bonds. The minimum absolute atomic E-state index is 0.114. The Morgan fingerprint density at radius 1 is 1.07 bits per heavy atom. The van der Waals surface area contributed by atoms with Crippen molar-refractivity contribution in [3.63, 3.8) is 0 Å². The van der Waals surface area contributed by atoms with Gasteiger partial charge >= 0.3 is 6.18 Å². The van der Waals surface area contributed by atoms with Crippen LogP contribution < -0.4 is 5.32 Å². The zero-order valence-electron chi connectivity index (χ0n) is 13.8. The van der Waals surface area contributed by atoms with E-state index in [4.69, 9.17) is 0 Å². The molecule has 0 atom stereocenters. The standard InChI is InChI=1S/C17H14F3N5OS/c18-17(19,20)12-6-8-13(9-7-12)21-16(26)11-27-10-15-22-23-24-25(15)14-4-2-1-3-5-14/h1-9H,10-11H2,(H,21,26). The Kier molecular flexibility index (Phi) is 5.75. The summed E-state index contributed by atoms with van der Waals surface area (Å²) in [5.41, 5.74) is 0.359. The summed E-state index contributed by atoms with van der Waals surface area (Å²) in [5, 5.41) is 14.1. The second-order valence-electron chi connectivity index (χ2n) is 5.46. The summed E-state index contributed by atoms with van der Waals surface area (Å²) in [7, 11) is 0. The Hall–Kier alpha value is -2.88. The monoisotopic (exact) mass is 393 g/mol. The molecule has 0 aliphatic rings. The molecule has 0 bridgehead atoms. The largest absolute Gasteiger partial charge is 0.416 e. The van der Waals surface area contributed by atoms with Gasteiger partial charge in [-0.15, -0.1) is 16.9 Å². The number of hydrogen-bond acceptors (Lipinski definition) is 5. The van der Waals surface area contributed by atoms with Crippen LogP contribution in [0.4, 0.5) is 18.9 Å². The summed E-state index contributed by atoms with van der Waals surface area (Å²) in [4.78, 5) is 12.0. The molecule has 1 aromatic heterocycles. The van der Waals surface area contributed by atoms with Gasteiger partial charge in [0.05, 0.1) is 22.8 Å². The Bertz CT molecular complexity index is 897. The summed E-state index contributed by atoms with van der Waals surface area (Å²) in [5.74, 6) is 0.789. The number of hydrogen-bond donors (Lipinski definition) is 1. The van der Waals surface area contributed by atoms with E-state index in [1.807, 2.05) is 30.3 Å². The second-order valence-corrected chi connectivity index (χ2v) is 6.44. The second kappa shape index (κ2) is 8.21. The lowest BCUT2D eigenvalue weighted by atomic mass is 10.2. The van der Waals surface area contributed by atoms with Gasteiger partial charge in [-0.1, -0.05) is 18.2 Å². The maximum Gasteiger partial charge on any atom is 0.416 e. The highest BCUT2D eigenvalue weighted by atomic mass is 32.2. The molecule has 0 radical (unpaired) electrons. The third-order valence-electron chi connectivity index (χ3n) is 3.50. The lowest BCUT2D eigenvalue weighted by Crippen LogP contribution is -2.15. The van der Waals surface area contributed by atoms with E-state index in [0.717, 1.165) is 17.8 Å². The van der Waals surface area contributed by atoms with Gasteiger partial charge in [-0.05, 0) is 46.8 Å². The fraction of sp³-hybridized carbons (Fsp3) is 0.176. The highest BCUT2D eigenvalue weighted by molar-refractivity contribution is 7.99. The van der Waals surface area contributed by atoms with Gasteiger partial charge < -0.3 is 5.32 Å². The predicted octanol–water partition coefficient (Wildman–Crippen LogP) is 3.55. The molecule has 1 heterocycles. The topological polar surface area (TPSA) is 72.7 Å². The first-order valence-corrected chi connectivity index (χ1v) is 8.96. The smallest absolute Gasteiger partial charge is 0.325 e. The zero-order valence-corrected chi connectivity index (χ0v) is 14.7.